The van der Waals surface area contributed by atoms with Crippen LogP contribution in [0.4, 0.5) is 17.1 Å². The van der Waals surface area contributed by atoms with Gasteiger partial charge >= 0.3 is 0 Å². The van der Waals surface area contributed by atoms with Gasteiger partial charge in [0.25, 0.3) is 0 Å². The van der Waals surface area contributed by atoms with Gasteiger partial charge in [-0.3, -0.25) is 0 Å². The molecule has 0 N–H and O–H groups in total. The molecule has 0 atom stereocenters. The molecule has 0 fully saturated rings. The molecular formula is C67H42N2. The molecular weight excluding hydrogens is 833 g/mol. The second-order valence-electron chi connectivity index (χ2n) is 18.7. The van der Waals surface area contributed by atoms with Crippen LogP contribution in [0.1, 0.15) is 38.9 Å². The minimum Gasteiger partial charge on any atom is -0.308 e. The van der Waals surface area contributed by atoms with Crippen LogP contribution in [0.2, 0.25) is 0 Å². The molecule has 1 aromatic heterocycles. The topological polar surface area (TPSA) is 8.17 Å². The molecule has 2 nitrogen and oxygen atoms in total. The molecule has 0 radical (unpaired) electrons. The molecule has 69 heavy (non-hydrogen) atoms. The normalized spacial score (nSPS) is 13.9. The molecule has 11 aromatic carbocycles. The molecule has 0 saturated heterocycles. The van der Waals surface area contributed by atoms with Gasteiger partial charge < -0.3 is 9.47 Å². The predicted molar refractivity (Wildman–Crippen MR) is 288 cm³/mol. The molecule has 2 heteroatoms. The molecule has 1 heterocycles. The van der Waals surface area contributed by atoms with E-state index < -0.39 is 5.41 Å². The molecule has 0 bridgehead atoms. The fourth-order valence-corrected chi connectivity index (χ4v) is 12.7. The van der Waals surface area contributed by atoms with Crippen molar-refractivity contribution in [2.45, 2.75) is 5.41 Å². The average Bonchev–Trinajstić information content (AvgIpc) is 4.12. The summed E-state index contributed by atoms with van der Waals surface area (Å²) in [4.78, 5) is 2.58. The maximum atomic E-state index is 2.58. The van der Waals surface area contributed by atoms with Crippen LogP contribution in [-0.2, 0) is 5.41 Å². The van der Waals surface area contributed by atoms with E-state index in [1.165, 1.54) is 105 Å². The fraction of sp³-hybridized carbons (Fsp3) is 0.0149. The van der Waals surface area contributed by atoms with Gasteiger partial charge in [-0.25, -0.2) is 0 Å². The lowest BCUT2D eigenvalue weighted by atomic mass is 9.70. The molecule has 15 rings (SSSR count). The van der Waals surface area contributed by atoms with Gasteiger partial charge in [0.2, 0.25) is 0 Å². The summed E-state index contributed by atoms with van der Waals surface area (Å²) in [6.45, 7) is 0. The number of aromatic nitrogens is 1. The first kappa shape index (κ1) is 38.2. The molecule has 12 aromatic rings. The number of para-hydroxylation sites is 3. The summed E-state index contributed by atoms with van der Waals surface area (Å²) in [6, 6.07) is 92.6. The lowest BCUT2D eigenvalue weighted by molar-refractivity contribution is 0.794. The Bertz CT molecular complexity index is 4100. The quantitative estimate of drug-likeness (QED) is 0.167. The van der Waals surface area contributed by atoms with Crippen LogP contribution in [0.25, 0.3) is 83.3 Å². The highest BCUT2D eigenvalue weighted by Crippen LogP contribution is 2.65. The maximum Gasteiger partial charge on any atom is 0.0782 e. The van der Waals surface area contributed by atoms with E-state index in [9.17, 15) is 0 Å². The van der Waals surface area contributed by atoms with Crippen LogP contribution in [0.5, 0.6) is 0 Å². The minimum absolute atomic E-state index is 0.486. The number of hydrogen-bond acceptors (Lipinski definition) is 1. The van der Waals surface area contributed by atoms with Gasteiger partial charge in [-0.15, -0.1) is 0 Å². The van der Waals surface area contributed by atoms with Crippen molar-refractivity contribution in [3.8, 4) is 39.1 Å². The van der Waals surface area contributed by atoms with Crippen molar-refractivity contribution >= 4 is 61.3 Å². The van der Waals surface area contributed by atoms with Crippen molar-refractivity contribution in [3.05, 3.63) is 288 Å². The molecule has 320 valence electrons. The van der Waals surface area contributed by atoms with E-state index in [1.54, 1.807) is 0 Å². The van der Waals surface area contributed by atoms with Crippen LogP contribution >= 0.6 is 0 Å². The summed E-state index contributed by atoms with van der Waals surface area (Å²) in [7, 11) is 0. The second-order valence-corrected chi connectivity index (χ2v) is 18.7. The van der Waals surface area contributed by atoms with E-state index >= 15 is 0 Å². The number of anilines is 3. The third-order valence-corrected chi connectivity index (χ3v) is 15.4. The van der Waals surface area contributed by atoms with Crippen molar-refractivity contribution < 1.29 is 0 Å². The Kier molecular flexibility index (Phi) is 8.02. The number of rotatable bonds is 5. The first-order chi connectivity index (χ1) is 34.3. The number of benzene rings is 11. The Morgan fingerprint density at radius 2 is 0.913 bits per heavy atom. The zero-order valence-corrected chi connectivity index (χ0v) is 37.6. The van der Waals surface area contributed by atoms with E-state index in [1.807, 2.05) is 0 Å². The monoisotopic (exact) mass is 874 g/mol. The number of hydrogen-bond donors (Lipinski definition) is 0. The van der Waals surface area contributed by atoms with Crippen LogP contribution in [0.15, 0.2) is 249 Å². The highest BCUT2D eigenvalue weighted by molar-refractivity contribution is 6.16. The summed E-state index contributed by atoms with van der Waals surface area (Å²) in [5.41, 5.74) is 24.2. The number of nitrogens with zero attached hydrogens (tertiary/aromatic N) is 2. The van der Waals surface area contributed by atoms with Crippen LogP contribution in [-0.4, -0.2) is 4.57 Å². The summed E-state index contributed by atoms with van der Waals surface area (Å²) in [6.07, 6.45) is 2.42. The third-order valence-electron chi connectivity index (χ3n) is 15.4. The smallest absolute Gasteiger partial charge is 0.0782 e. The summed E-state index contributed by atoms with van der Waals surface area (Å²) in [5, 5.41) is 4.93. The third kappa shape index (κ3) is 5.20. The van der Waals surface area contributed by atoms with Crippen molar-refractivity contribution in [2.75, 3.05) is 4.90 Å². The predicted octanol–water partition coefficient (Wildman–Crippen LogP) is 17.3. The number of fused-ring (bicyclic) bond motifs is 17. The summed E-state index contributed by atoms with van der Waals surface area (Å²) >= 11 is 0. The van der Waals surface area contributed by atoms with Gasteiger partial charge in [-0.1, -0.05) is 206 Å². The van der Waals surface area contributed by atoms with Crippen molar-refractivity contribution in [1.82, 2.24) is 4.57 Å². The molecule has 1 spiro atoms. The zero-order valence-electron chi connectivity index (χ0n) is 37.6. The van der Waals surface area contributed by atoms with Crippen LogP contribution in [0.3, 0.4) is 0 Å². The molecule has 0 unspecified atom stereocenters. The highest BCUT2D eigenvalue weighted by Gasteiger charge is 2.52. The van der Waals surface area contributed by atoms with E-state index in [0.29, 0.717) is 0 Å². The average molecular weight is 875 g/mol. The van der Waals surface area contributed by atoms with Crippen molar-refractivity contribution in [1.29, 1.82) is 0 Å². The summed E-state index contributed by atoms with van der Waals surface area (Å²) < 4.78 is 2.48. The lowest BCUT2D eigenvalue weighted by Gasteiger charge is -2.32. The lowest BCUT2D eigenvalue weighted by Crippen LogP contribution is -2.26. The van der Waals surface area contributed by atoms with E-state index in [-0.39, 0.29) is 0 Å². The Balaban J connectivity index is 1.06. The van der Waals surface area contributed by atoms with Gasteiger partial charge in [0, 0.05) is 27.7 Å². The second kappa shape index (κ2) is 14.5. The van der Waals surface area contributed by atoms with Gasteiger partial charge in [0.15, 0.2) is 0 Å². The molecule has 3 aliphatic rings. The standard InChI is InChI=1S/C67H42N2/c1-2-22-45(23-3-1)69-62-36-15-11-29-53(62)54-31-17-38-64(66(54)69)68(46-39-40-50-48-25-6-7-26-49(48)56(57(50)42-46)41-44-21-16-20-43-19-4-5-24-47(43)44)63-37-18-35-61-65(63)55-30-10-14-34-60(55)67(61)58-32-12-8-27-51(58)52-28-9-13-33-59(52)67/h1-42H. The fourth-order valence-electron chi connectivity index (χ4n) is 12.7. The Hall–Kier alpha value is -8.98. The van der Waals surface area contributed by atoms with Crippen molar-refractivity contribution in [3.63, 3.8) is 0 Å². The van der Waals surface area contributed by atoms with E-state index in [0.717, 1.165) is 28.3 Å². The Labute approximate surface area is 400 Å². The van der Waals surface area contributed by atoms with Gasteiger partial charge in [0.05, 0.1) is 27.8 Å². The Morgan fingerprint density at radius 3 is 1.71 bits per heavy atom. The molecule has 0 amide bonds. The SMILES string of the molecule is C(=C1c2ccccc2-c2ccc(N(c3cccc4c3-c3ccccc3C43c4ccccc4-c4ccccc43)c3cccc4c5ccccc5n(-c5ccccc5)c34)cc21)c1cccc2ccccc12. The molecule has 0 aliphatic heterocycles. The molecule has 3 aliphatic carbocycles. The summed E-state index contributed by atoms with van der Waals surface area (Å²) in [5.74, 6) is 0. The maximum absolute atomic E-state index is 2.58. The largest absolute Gasteiger partial charge is 0.308 e. The van der Waals surface area contributed by atoms with Crippen molar-refractivity contribution in [2.24, 2.45) is 0 Å². The van der Waals surface area contributed by atoms with E-state index in [4.69, 9.17) is 0 Å². The first-order valence-corrected chi connectivity index (χ1v) is 24.0. The highest BCUT2D eigenvalue weighted by atomic mass is 15.2. The molecule has 0 saturated carbocycles. The van der Waals surface area contributed by atoms with Crippen LogP contribution < -0.4 is 4.90 Å². The van der Waals surface area contributed by atoms with E-state index in [2.05, 4.69) is 264 Å². The van der Waals surface area contributed by atoms with Gasteiger partial charge in [-0.2, -0.15) is 0 Å². The van der Waals surface area contributed by atoms with Crippen LogP contribution in [0, 0.1) is 0 Å². The zero-order chi connectivity index (χ0) is 45.2. The van der Waals surface area contributed by atoms with Gasteiger partial charge in [0.1, 0.15) is 0 Å². The Morgan fingerprint density at radius 1 is 0.362 bits per heavy atom. The van der Waals surface area contributed by atoms with Gasteiger partial charge in [-0.05, 0) is 132 Å². The first-order valence-electron chi connectivity index (χ1n) is 24.0. The minimum atomic E-state index is -0.486.